The van der Waals surface area contributed by atoms with Gasteiger partial charge in [0.15, 0.2) is 0 Å². The minimum atomic E-state index is -0.431. The van der Waals surface area contributed by atoms with E-state index in [1.54, 1.807) is 6.92 Å². The van der Waals surface area contributed by atoms with Crippen LogP contribution in [0, 0.1) is 17.0 Å². The Morgan fingerprint density at radius 2 is 2.17 bits per heavy atom. The van der Waals surface area contributed by atoms with Crippen LogP contribution in [0.2, 0.25) is 0 Å². The van der Waals surface area contributed by atoms with E-state index in [4.69, 9.17) is 5.73 Å². The number of halogens is 1. The molecule has 1 aromatic carbocycles. The van der Waals surface area contributed by atoms with Crippen LogP contribution in [0.4, 0.5) is 11.4 Å². The molecule has 0 radical (unpaired) electrons. The van der Waals surface area contributed by atoms with Crippen LogP contribution in [-0.4, -0.2) is 4.92 Å². The van der Waals surface area contributed by atoms with Gasteiger partial charge in [-0.15, -0.1) is 0 Å². The number of nitrogens with two attached hydrogens (primary N) is 1. The fourth-order valence-electron chi connectivity index (χ4n) is 0.894. The number of rotatable bonds is 1. The van der Waals surface area contributed by atoms with Gasteiger partial charge in [0.05, 0.1) is 9.40 Å². The summed E-state index contributed by atoms with van der Waals surface area (Å²) in [6, 6.07) is 2.91. The minimum Gasteiger partial charge on any atom is -0.398 e. The van der Waals surface area contributed by atoms with Gasteiger partial charge in [-0.25, -0.2) is 0 Å². The van der Waals surface area contributed by atoms with Gasteiger partial charge in [-0.2, -0.15) is 0 Å². The monoisotopic (exact) mass is 230 g/mol. The maximum atomic E-state index is 10.4. The molecule has 0 aliphatic heterocycles. The Kier molecular flexibility index (Phi) is 2.32. The zero-order chi connectivity index (χ0) is 9.30. The van der Waals surface area contributed by atoms with Gasteiger partial charge in [-0.05, 0) is 28.9 Å². The van der Waals surface area contributed by atoms with Crippen molar-refractivity contribution >= 4 is 27.3 Å². The van der Waals surface area contributed by atoms with Crippen LogP contribution < -0.4 is 5.73 Å². The van der Waals surface area contributed by atoms with Crippen molar-refractivity contribution in [2.24, 2.45) is 0 Å². The molecule has 0 bridgehead atoms. The Bertz CT molecular complexity index is 338. The molecule has 2 N–H and O–H groups in total. The summed E-state index contributed by atoms with van der Waals surface area (Å²) in [7, 11) is 0. The summed E-state index contributed by atoms with van der Waals surface area (Å²) in [6.07, 6.45) is 0. The van der Waals surface area contributed by atoms with Gasteiger partial charge in [0.25, 0.3) is 5.69 Å². The van der Waals surface area contributed by atoms with Gasteiger partial charge in [-0.1, -0.05) is 0 Å². The van der Waals surface area contributed by atoms with Gasteiger partial charge < -0.3 is 5.73 Å². The van der Waals surface area contributed by atoms with Crippen LogP contribution in [0.15, 0.2) is 16.6 Å². The van der Waals surface area contributed by atoms with Crippen LogP contribution in [0.5, 0.6) is 0 Å². The highest BCUT2D eigenvalue weighted by Crippen LogP contribution is 2.30. The number of hydrogen-bond acceptors (Lipinski definition) is 3. The largest absolute Gasteiger partial charge is 0.398 e. The summed E-state index contributed by atoms with van der Waals surface area (Å²) >= 11 is 3.17. The molecule has 0 saturated heterocycles. The first kappa shape index (κ1) is 8.99. The van der Waals surface area contributed by atoms with Crippen LogP contribution in [0.3, 0.4) is 0 Å². The summed E-state index contributed by atoms with van der Waals surface area (Å²) in [4.78, 5) is 10.00. The Morgan fingerprint density at radius 1 is 1.58 bits per heavy atom. The lowest BCUT2D eigenvalue weighted by Gasteiger charge is -2.02. The topological polar surface area (TPSA) is 69.2 Å². The van der Waals surface area contributed by atoms with Crippen molar-refractivity contribution in [3.63, 3.8) is 0 Å². The first-order valence-corrected chi connectivity index (χ1v) is 4.02. The van der Waals surface area contributed by atoms with E-state index in [9.17, 15) is 10.1 Å². The van der Waals surface area contributed by atoms with E-state index < -0.39 is 4.92 Å². The number of nitrogens with zero attached hydrogens (tertiary/aromatic N) is 1. The van der Waals surface area contributed by atoms with Crippen molar-refractivity contribution in [3.05, 3.63) is 32.3 Å². The number of nitro groups is 1. The zero-order valence-electron chi connectivity index (χ0n) is 6.37. The summed E-state index contributed by atoms with van der Waals surface area (Å²) in [5, 5.41) is 10.4. The third kappa shape index (κ3) is 1.40. The lowest BCUT2D eigenvalue weighted by Crippen LogP contribution is -1.95. The standard InChI is InChI=1S/C7H7BrN2O2/c1-4-6(10(11)12)3-2-5(9)7(4)8/h2-3H,9H2,1H3. The molecule has 0 aromatic heterocycles. The number of benzene rings is 1. The molecule has 12 heavy (non-hydrogen) atoms. The first-order valence-electron chi connectivity index (χ1n) is 3.23. The van der Waals surface area contributed by atoms with Crippen LogP contribution in [-0.2, 0) is 0 Å². The van der Waals surface area contributed by atoms with Crippen molar-refractivity contribution in [1.82, 2.24) is 0 Å². The summed E-state index contributed by atoms with van der Waals surface area (Å²) in [6.45, 7) is 1.65. The maximum Gasteiger partial charge on any atom is 0.273 e. The quantitative estimate of drug-likeness (QED) is 0.457. The fraction of sp³-hybridized carbons (Fsp3) is 0.143. The molecule has 0 unspecified atom stereocenters. The van der Waals surface area contributed by atoms with Crippen LogP contribution >= 0.6 is 15.9 Å². The van der Waals surface area contributed by atoms with Crippen molar-refractivity contribution in [2.75, 3.05) is 5.73 Å². The zero-order valence-corrected chi connectivity index (χ0v) is 7.96. The lowest BCUT2D eigenvalue weighted by molar-refractivity contribution is -0.385. The SMILES string of the molecule is Cc1c([N+](=O)[O-])ccc(N)c1Br. The molecule has 0 heterocycles. The number of nitrogen functional groups attached to an aromatic ring is 1. The molecule has 1 rings (SSSR count). The minimum absolute atomic E-state index is 0.0797. The van der Waals surface area contributed by atoms with E-state index in [2.05, 4.69) is 15.9 Å². The second kappa shape index (κ2) is 3.10. The smallest absolute Gasteiger partial charge is 0.273 e. The van der Waals surface area contributed by atoms with E-state index in [1.807, 2.05) is 0 Å². The van der Waals surface area contributed by atoms with Gasteiger partial charge >= 0.3 is 0 Å². The van der Waals surface area contributed by atoms with Crippen LogP contribution in [0.1, 0.15) is 5.56 Å². The number of anilines is 1. The fourth-order valence-corrected chi connectivity index (χ4v) is 1.23. The van der Waals surface area contributed by atoms with Gasteiger partial charge in [0.1, 0.15) is 0 Å². The molecule has 0 amide bonds. The predicted molar refractivity (Wildman–Crippen MR) is 49.9 cm³/mol. The Morgan fingerprint density at radius 3 is 2.67 bits per heavy atom. The highest BCUT2D eigenvalue weighted by Gasteiger charge is 2.13. The molecule has 0 spiro atoms. The second-order valence-electron chi connectivity index (χ2n) is 2.37. The maximum absolute atomic E-state index is 10.4. The Hall–Kier alpha value is -1.10. The average Bonchev–Trinajstić information content (AvgIpc) is 2.00. The Labute approximate surface area is 77.7 Å². The summed E-state index contributed by atoms with van der Waals surface area (Å²) in [5.41, 5.74) is 6.67. The predicted octanol–water partition coefficient (Wildman–Crippen LogP) is 2.25. The van der Waals surface area contributed by atoms with Crippen molar-refractivity contribution in [2.45, 2.75) is 6.92 Å². The van der Waals surface area contributed by atoms with Gasteiger partial charge in [0, 0.05) is 17.3 Å². The lowest BCUT2D eigenvalue weighted by atomic mass is 10.2. The third-order valence-electron chi connectivity index (χ3n) is 1.58. The van der Waals surface area contributed by atoms with Crippen molar-refractivity contribution < 1.29 is 4.92 Å². The third-order valence-corrected chi connectivity index (χ3v) is 2.64. The van der Waals surface area contributed by atoms with E-state index in [0.717, 1.165) is 0 Å². The normalized spacial score (nSPS) is 9.83. The molecule has 0 saturated carbocycles. The molecular formula is C7H7BrN2O2. The number of nitro benzene ring substituents is 1. The highest BCUT2D eigenvalue weighted by molar-refractivity contribution is 9.10. The highest BCUT2D eigenvalue weighted by atomic mass is 79.9. The molecule has 5 heteroatoms. The van der Waals surface area contributed by atoms with E-state index in [1.165, 1.54) is 12.1 Å². The van der Waals surface area contributed by atoms with Crippen LogP contribution in [0.25, 0.3) is 0 Å². The molecule has 0 aliphatic rings. The average molecular weight is 231 g/mol. The first-order chi connectivity index (χ1) is 5.54. The summed E-state index contributed by atoms with van der Waals surface area (Å²) < 4.78 is 0.594. The molecule has 0 aliphatic carbocycles. The molecule has 0 fully saturated rings. The van der Waals surface area contributed by atoms with Crippen molar-refractivity contribution in [3.8, 4) is 0 Å². The van der Waals surface area contributed by atoms with E-state index in [0.29, 0.717) is 15.7 Å². The summed E-state index contributed by atoms with van der Waals surface area (Å²) in [5.74, 6) is 0. The molecule has 0 atom stereocenters. The second-order valence-corrected chi connectivity index (χ2v) is 3.16. The molecule has 4 nitrogen and oxygen atoms in total. The Balaban J connectivity index is 3.36. The van der Waals surface area contributed by atoms with Crippen molar-refractivity contribution in [1.29, 1.82) is 0 Å². The molecule has 64 valence electrons. The van der Waals surface area contributed by atoms with E-state index >= 15 is 0 Å². The van der Waals surface area contributed by atoms with Gasteiger partial charge in [0.2, 0.25) is 0 Å². The van der Waals surface area contributed by atoms with Gasteiger partial charge in [-0.3, -0.25) is 10.1 Å². The molecule has 1 aromatic rings. The molecular weight excluding hydrogens is 224 g/mol. The van der Waals surface area contributed by atoms with E-state index in [-0.39, 0.29) is 5.69 Å². The number of hydrogen-bond donors (Lipinski definition) is 1.